The number of carbonyl (C=O) groups is 1. The number of nitrogens with zero attached hydrogens (tertiary/aromatic N) is 1. The highest BCUT2D eigenvalue weighted by Crippen LogP contribution is 2.36. The first-order valence-corrected chi connectivity index (χ1v) is 12.4. The highest BCUT2D eigenvalue weighted by Gasteiger charge is 2.31. The summed E-state index contributed by atoms with van der Waals surface area (Å²) < 4.78 is 33.4. The van der Waals surface area contributed by atoms with Crippen molar-refractivity contribution in [1.82, 2.24) is 4.90 Å². The molecule has 2 aromatic carbocycles. The van der Waals surface area contributed by atoms with E-state index < -0.39 is 10.0 Å². The highest BCUT2D eigenvalue weighted by atomic mass is 32.2. The Morgan fingerprint density at radius 2 is 1.97 bits per heavy atom. The molecule has 6 nitrogen and oxygen atoms in total. The Labute approximate surface area is 186 Å². The molecular formula is C23H24N2O4S2. The van der Waals surface area contributed by atoms with E-state index in [4.69, 9.17) is 4.74 Å². The number of hydrogen-bond donors (Lipinski definition) is 1. The molecule has 3 aromatic rings. The van der Waals surface area contributed by atoms with Gasteiger partial charge in [-0.3, -0.25) is 9.52 Å². The minimum Gasteiger partial charge on any atom is -0.497 e. The second-order valence-electron chi connectivity index (χ2n) is 7.33. The first-order valence-electron chi connectivity index (χ1n) is 10.1. The third kappa shape index (κ3) is 4.31. The van der Waals surface area contributed by atoms with Gasteiger partial charge < -0.3 is 9.64 Å². The van der Waals surface area contributed by atoms with Crippen LogP contribution >= 0.6 is 11.3 Å². The topological polar surface area (TPSA) is 75.7 Å². The molecule has 0 spiro atoms. The van der Waals surface area contributed by atoms with Gasteiger partial charge in [0.05, 0.1) is 18.0 Å². The minimum absolute atomic E-state index is 0.0141. The van der Waals surface area contributed by atoms with Crippen molar-refractivity contribution < 1.29 is 17.9 Å². The molecule has 0 unspecified atom stereocenters. The smallest absolute Gasteiger partial charge is 0.261 e. The quantitative estimate of drug-likeness (QED) is 0.583. The van der Waals surface area contributed by atoms with Gasteiger partial charge in [0.2, 0.25) is 0 Å². The molecular weight excluding hydrogens is 432 g/mol. The number of nitrogens with one attached hydrogen (secondary N) is 1. The van der Waals surface area contributed by atoms with E-state index >= 15 is 0 Å². The molecule has 1 aromatic heterocycles. The van der Waals surface area contributed by atoms with Gasteiger partial charge in [-0.25, -0.2) is 8.42 Å². The van der Waals surface area contributed by atoms with Gasteiger partial charge in [-0.05, 0) is 72.3 Å². The molecule has 31 heavy (non-hydrogen) atoms. The maximum Gasteiger partial charge on any atom is 0.261 e. The lowest BCUT2D eigenvalue weighted by Crippen LogP contribution is -2.39. The fraction of sp³-hybridized carbons (Fsp3) is 0.261. The molecule has 1 aliphatic rings. The van der Waals surface area contributed by atoms with E-state index in [1.807, 2.05) is 4.90 Å². The summed E-state index contributed by atoms with van der Waals surface area (Å²) in [6.45, 7) is 2.70. The Morgan fingerprint density at radius 3 is 2.68 bits per heavy atom. The van der Waals surface area contributed by atoms with Crippen LogP contribution in [-0.4, -0.2) is 32.9 Å². The van der Waals surface area contributed by atoms with E-state index in [-0.39, 0.29) is 16.8 Å². The number of anilines is 1. The fourth-order valence-electron chi connectivity index (χ4n) is 3.91. The predicted octanol–water partition coefficient (Wildman–Crippen LogP) is 4.71. The van der Waals surface area contributed by atoms with Crippen LogP contribution in [0.25, 0.3) is 0 Å². The van der Waals surface area contributed by atoms with Crippen LogP contribution in [0.5, 0.6) is 5.75 Å². The average Bonchev–Trinajstić information content (AvgIpc) is 3.27. The second kappa shape index (κ2) is 8.72. The van der Waals surface area contributed by atoms with Gasteiger partial charge >= 0.3 is 0 Å². The zero-order valence-corrected chi connectivity index (χ0v) is 19.0. The Kier molecular flexibility index (Phi) is 6.02. The van der Waals surface area contributed by atoms with E-state index in [0.717, 1.165) is 12.8 Å². The fourth-order valence-corrected chi connectivity index (χ4v) is 5.95. The molecule has 8 heteroatoms. The van der Waals surface area contributed by atoms with Crippen LogP contribution in [-0.2, 0) is 16.4 Å². The van der Waals surface area contributed by atoms with E-state index in [2.05, 4.69) is 23.1 Å². The number of amides is 1. The molecule has 4 rings (SSSR count). The van der Waals surface area contributed by atoms with Crippen LogP contribution in [0.1, 0.15) is 40.2 Å². The number of rotatable bonds is 6. The molecule has 2 heterocycles. The molecule has 1 aliphatic heterocycles. The molecule has 1 amide bonds. The summed E-state index contributed by atoms with van der Waals surface area (Å²) in [5, 5.41) is 2.07. The molecule has 1 atom stereocenters. The summed E-state index contributed by atoms with van der Waals surface area (Å²) in [5.41, 5.74) is 2.00. The summed E-state index contributed by atoms with van der Waals surface area (Å²) in [7, 11) is -2.29. The first-order chi connectivity index (χ1) is 14.9. The van der Waals surface area contributed by atoms with Crippen molar-refractivity contribution in [1.29, 1.82) is 0 Å². The lowest BCUT2D eigenvalue weighted by atomic mass is 9.97. The van der Waals surface area contributed by atoms with Gasteiger partial charge in [-0.15, -0.1) is 11.3 Å². The Hall–Kier alpha value is -2.84. The van der Waals surface area contributed by atoms with Gasteiger partial charge in [-0.2, -0.15) is 0 Å². The molecule has 162 valence electrons. The molecule has 0 saturated heterocycles. The summed E-state index contributed by atoms with van der Waals surface area (Å²) in [5.74, 6) is 0.488. The lowest BCUT2D eigenvalue weighted by molar-refractivity contribution is 0.0657. The van der Waals surface area contributed by atoms with Gasteiger partial charge in [0, 0.05) is 22.7 Å². The Bertz CT molecular complexity index is 1190. The number of sulfonamides is 1. The molecule has 0 saturated carbocycles. The number of ether oxygens (including phenoxy) is 1. The van der Waals surface area contributed by atoms with Gasteiger partial charge in [-0.1, -0.05) is 13.0 Å². The van der Waals surface area contributed by atoms with Crippen molar-refractivity contribution in [2.45, 2.75) is 30.7 Å². The Morgan fingerprint density at radius 1 is 1.19 bits per heavy atom. The van der Waals surface area contributed by atoms with Crippen molar-refractivity contribution in [3.8, 4) is 5.75 Å². The number of fused-ring (bicyclic) bond motifs is 1. The van der Waals surface area contributed by atoms with Gasteiger partial charge in [0.1, 0.15) is 5.75 Å². The van der Waals surface area contributed by atoms with Crippen LogP contribution in [0, 0.1) is 0 Å². The predicted molar refractivity (Wildman–Crippen MR) is 122 cm³/mol. The number of carbonyl (C=O) groups excluding carboxylic acids is 1. The van der Waals surface area contributed by atoms with E-state index in [0.29, 0.717) is 23.5 Å². The van der Waals surface area contributed by atoms with E-state index in [9.17, 15) is 13.2 Å². The van der Waals surface area contributed by atoms with Crippen molar-refractivity contribution >= 4 is 33.0 Å². The van der Waals surface area contributed by atoms with Crippen LogP contribution in [0.15, 0.2) is 64.9 Å². The summed E-state index contributed by atoms with van der Waals surface area (Å²) in [6.07, 6.45) is 1.64. The van der Waals surface area contributed by atoms with E-state index in [1.54, 1.807) is 54.8 Å². The summed E-state index contributed by atoms with van der Waals surface area (Å²) in [6, 6.07) is 14.9. The lowest BCUT2D eigenvalue weighted by Gasteiger charge is -2.35. The van der Waals surface area contributed by atoms with Crippen molar-refractivity contribution in [2.75, 3.05) is 18.4 Å². The number of methoxy groups -OCH3 is 1. The molecule has 0 fully saturated rings. The SMILES string of the molecule is CC[C@H]1c2ccsc2CCN1C(=O)c1cccc(S(=O)(=O)Nc2ccc(OC)cc2)c1. The van der Waals surface area contributed by atoms with Crippen LogP contribution in [0.4, 0.5) is 5.69 Å². The van der Waals surface area contributed by atoms with Crippen molar-refractivity contribution in [3.63, 3.8) is 0 Å². The van der Waals surface area contributed by atoms with Crippen LogP contribution < -0.4 is 9.46 Å². The monoisotopic (exact) mass is 456 g/mol. The second-order valence-corrected chi connectivity index (χ2v) is 10.0. The van der Waals surface area contributed by atoms with Crippen LogP contribution in [0.2, 0.25) is 0 Å². The number of benzene rings is 2. The van der Waals surface area contributed by atoms with Gasteiger partial charge in [0.15, 0.2) is 0 Å². The van der Waals surface area contributed by atoms with E-state index in [1.165, 1.54) is 22.6 Å². The number of hydrogen-bond acceptors (Lipinski definition) is 5. The zero-order valence-electron chi connectivity index (χ0n) is 17.4. The van der Waals surface area contributed by atoms with Gasteiger partial charge in [0.25, 0.3) is 15.9 Å². The maximum atomic E-state index is 13.3. The third-order valence-electron chi connectivity index (χ3n) is 5.48. The first kappa shape index (κ1) is 21.4. The third-order valence-corrected chi connectivity index (χ3v) is 7.85. The molecule has 0 bridgehead atoms. The normalized spacial score (nSPS) is 15.9. The standard InChI is InChI=1S/C23H24N2O4S2/c1-3-21-20-12-14-30-22(20)11-13-25(21)23(26)16-5-4-6-19(15-16)31(27,28)24-17-7-9-18(29-2)10-8-17/h4-10,12,14-15,21,24H,3,11,13H2,1-2H3/t21-/m0/s1. The summed E-state index contributed by atoms with van der Waals surface area (Å²) >= 11 is 1.73. The summed E-state index contributed by atoms with van der Waals surface area (Å²) in [4.78, 5) is 16.5. The number of thiophene rings is 1. The highest BCUT2D eigenvalue weighted by molar-refractivity contribution is 7.92. The maximum absolute atomic E-state index is 13.3. The van der Waals surface area contributed by atoms with Crippen LogP contribution in [0.3, 0.4) is 0 Å². The molecule has 1 N–H and O–H groups in total. The zero-order chi connectivity index (χ0) is 22.0. The average molecular weight is 457 g/mol. The van der Waals surface area contributed by atoms with Crippen molar-refractivity contribution in [2.24, 2.45) is 0 Å². The van der Waals surface area contributed by atoms with Crippen molar-refractivity contribution in [3.05, 3.63) is 76.0 Å². The Balaban J connectivity index is 1.58. The molecule has 0 aliphatic carbocycles. The minimum atomic E-state index is -3.84. The largest absolute Gasteiger partial charge is 0.497 e. The molecule has 0 radical (unpaired) electrons.